The lowest BCUT2D eigenvalue weighted by molar-refractivity contribution is 0.103. The van der Waals surface area contributed by atoms with Crippen LogP contribution in [0.1, 0.15) is 47.0 Å². The number of anilines is 1. The molecule has 0 fully saturated rings. The third-order valence-corrected chi connectivity index (χ3v) is 5.20. The van der Waals surface area contributed by atoms with Gasteiger partial charge in [-0.3, -0.25) is 9.89 Å². The minimum absolute atomic E-state index is 0.0721. The number of carbonyl (C=O) groups is 1. The second-order valence-electron chi connectivity index (χ2n) is 6.96. The monoisotopic (exact) mass is 355 g/mol. The summed E-state index contributed by atoms with van der Waals surface area (Å²) < 4.78 is 0. The van der Waals surface area contributed by atoms with E-state index >= 15 is 0 Å². The van der Waals surface area contributed by atoms with Crippen molar-refractivity contribution in [2.45, 2.75) is 40.0 Å². The van der Waals surface area contributed by atoms with Gasteiger partial charge in [-0.05, 0) is 26.0 Å². The molecular formula is C18H21N5OS. The lowest BCUT2D eigenvalue weighted by Gasteiger charge is -2.13. The van der Waals surface area contributed by atoms with Gasteiger partial charge < -0.3 is 5.32 Å². The van der Waals surface area contributed by atoms with Crippen LogP contribution >= 0.6 is 11.3 Å². The Kier molecular flexibility index (Phi) is 4.43. The number of hydrogen-bond donors (Lipinski definition) is 2. The molecule has 0 saturated carbocycles. The van der Waals surface area contributed by atoms with E-state index in [1.807, 2.05) is 38.1 Å². The Balaban J connectivity index is 1.83. The van der Waals surface area contributed by atoms with Gasteiger partial charge in [-0.1, -0.05) is 32.9 Å². The van der Waals surface area contributed by atoms with Crippen LogP contribution in [0.4, 0.5) is 5.69 Å². The van der Waals surface area contributed by atoms with Gasteiger partial charge in [0.1, 0.15) is 10.7 Å². The summed E-state index contributed by atoms with van der Waals surface area (Å²) in [6.45, 7) is 9.99. The number of aromatic amines is 1. The number of hydrogen-bond acceptors (Lipinski definition) is 5. The summed E-state index contributed by atoms with van der Waals surface area (Å²) >= 11 is 1.44. The van der Waals surface area contributed by atoms with Crippen LogP contribution in [0.2, 0.25) is 0 Å². The number of carbonyl (C=O) groups excluding carboxylic acids is 1. The van der Waals surface area contributed by atoms with Crippen LogP contribution in [0, 0.1) is 13.8 Å². The van der Waals surface area contributed by atoms with E-state index in [0.29, 0.717) is 16.4 Å². The van der Waals surface area contributed by atoms with Gasteiger partial charge >= 0.3 is 0 Å². The van der Waals surface area contributed by atoms with Gasteiger partial charge in [-0.15, -0.1) is 11.3 Å². The predicted octanol–water partition coefficient (Wildman–Crippen LogP) is 4.09. The summed E-state index contributed by atoms with van der Waals surface area (Å²) in [6.07, 6.45) is 0. The summed E-state index contributed by atoms with van der Waals surface area (Å²) in [5.74, 6) is 1.21. The van der Waals surface area contributed by atoms with Gasteiger partial charge in [0.05, 0.1) is 10.7 Å². The first-order chi connectivity index (χ1) is 11.7. The number of nitrogens with one attached hydrogen (secondary N) is 2. The molecule has 1 amide bonds. The summed E-state index contributed by atoms with van der Waals surface area (Å²) in [6, 6.07) is 7.49. The molecular weight excluding hydrogens is 334 g/mol. The van der Waals surface area contributed by atoms with E-state index in [-0.39, 0.29) is 11.3 Å². The van der Waals surface area contributed by atoms with Gasteiger partial charge in [0.25, 0.3) is 5.91 Å². The van der Waals surface area contributed by atoms with E-state index in [9.17, 15) is 4.79 Å². The highest BCUT2D eigenvalue weighted by atomic mass is 32.1. The number of H-pyrrole nitrogens is 1. The van der Waals surface area contributed by atoms with Crippen molar-refractivity contribution in [3.8, 4) is 11.4 Å². The highest BCUT2D eigenvalue weighted by Crippen LogP contribution is 2.30. The highest BCUT2D eigenvalue weighted by molar-refractivity contribution is 7.14. The molecule has 0 aliphatic rings. The molecule has 0 radical (unpaired) electrons. The Hall–Kier alpha value is -2.54. The second kappa shape index (κ2) is 6.40. The maximum absolute atomic E-state index is 12.6. The molecule has 0 aliphatic heterocycles. The fraction of sp³-hybridized carbons (Fsp3) is 0.333. The summed E-state index contributed by atoms with van der Waals surface area (Å²) in [4.78, 5) is 22.2. The number of aromatic nitrogens is 4. The van der Waals surface area contributed by atoms with Crippen LogP contribution in [0.15, 0.2) is 24.3 Å². The number of thiazole rings is 1. The zero-order valence-electron chi connectivity index (χ0n) is 15.0. The third-order valence-electron chi connectivity index (χ3n) is 3.62. The molecule has 2 aromatic heterocycles. The average molecular weight is 355 g/mol. The molecule has 2 heterocycles. The lowest BCUT2D eigenvalue weighted by atomic mass is 9.98. The summed E-state index contributed by atoms with van der Waals surface area (Å²) in [5, 5.41) is 10.9. The zero-order chi connectivity index (χ0) is 18.2. The van der Waals surface area contributed by atoms with Crippen LogP contribution in [0.25, 0.3) is 11.4 Å². The Morgan fingerprint density at radius 2 is 1.96 bits per heavy atom. The molecule has 3 aromatic rings. The van der Waals surface area contributed by atoms with Gasteiger partial charge in [-0.2, -0.15) is 5.10 Å². The molecule has 0 bridgehead atoms. The summed E-state index contributed by atoms with van der Waals surface area (Å²) in [5.41, 5.74) is 2.24. The van der Waals surface area contributed by atoms with E-state index < -0.39 is 0 Å². The Morgan fingerprint density at radius 1 is 1.20 bits per heavy atom. The van der Waals surface area contributed by atoms with E-state index in [0.717, 1.165) is 22.1 Å². The van der Waals surface area contributed by atoms with E-state index in [1.165, 1.54) is 11.3 Å². The number of aryl methyl sites for hydroxylation is 2. The zero-order valence-corrected chi connectivity index (χ0v) is 15.8. The molecule has 7 heteroatoms. The molecule has 130 valence electrons. The number of rotatable bonds is 3. The maximum atomic E-state index is 12.6. The molecule has 0 atom stereocenters. The molecule has 25 heavy (non-hydrogen) atoms. The second-order valence-corrected chi connectivity index (χ2v) is 7.96. The van der Waals surface area contributed by atoms with E-state index in [2.05, 4.69) is 46.3 Å². The van der Waals surface area contributed by atoms with Crippen LogP contribution in [-0.4, -0.2) is 26.1 Å². The van der Waals surface area contributed by atoms with Crippen molar-refractivity contribution in [2.24, 2.45) is 0 Å². The first kappa shape index (κ1) is 17.3. The number of nitrogens with zero attached hydrogens (tertiary/aromatic N) is 3. The average Bonchev–Trinajstić information content (AvgIpc) is 3.13. The lowest BCUT2D eigenvalue weighted by Crippen LogP contribution is -2.11. The summed E-state index contributed by atoms with van der Waals surface area (Å²) in [7, 11) is 0. The van der Waals surface area contributed by atoms with Crippen molar-refractivity contribution < 1.29 is 4.79 Å². The number of amides is 1. The van der Waals surface area contributed by atoms with E-state index in [4.69, 9.17) is 0 Å². The minimum atomic E-state index is -0.145. The Bertz CT molecular complexity index is 920. The first-order valence-electron chi connectivity index (χ1n) is 8.03. The van der Waals surface area contributed by atoms with Crippen molar-refractivity contribution in [3.05, 3.63) is 45.7 Å². The molecule has 0 spiro atoms. The molecule has 2 N–H and O–H groups in total. The fourth-order valence-electron chi connectivity index (χ4n) is 2.32. The van der Waals surface area contributed by atoms with Crippen molar-refractivity contribution in [1.29, 1.82) is 0 Å². The SMILES string of the molecule is Cc1nc(-c2cccc(NC(=O)c3sc(C(C)(C)C)nc3C)c2)n[nH]1. The third kappa shape index (κ3) is 3.76. The normalized spacial score (nSPS) is 11.6. The van der Waals surface area contributed by atoms with Gasteiger partial charge in [-0.25, -0.2) is 9.97 Å². The Morgan fingerprint density at radius 3 is 2.56 bits per heavy atom. The van der Waals surface area contributed by atoms with Gasteiger partial charge in [0, 0.05) is 16.7 Å². The van der Waals surface area contributed by atoms with Gasteiger partial charge in [0.15, 0.2) is 5.82 Å². The van der Waals surface area contributed by atoms with E-state index in [1.54, 1.807) is 0 Å². The van der Waals surface area contributed by atoms with Crippen molar-refractivity contribution >= 4 is 22.9 Å². The quantitative estimate of drug-likeness (QED) is 0.741. The molecule has 0 saturated heterocycles. The topological polar surface area (TPSA) is 83.6 Å². The highest BCUT2D eigenvalue weighted by Gasteiger charge is 2.23. The standard InChI is InChI=1S/C18H21N5OS/c1-10-14(25-17(19-10)18(3,4)5)16(24)21-13-8-6-7-12(9-13)15-20-11(2)22-23-15/h6-9H,1-5H3,(H,21,24)(H,20,22,23). The molecule has 6 nitrogen and oxygen atoms in total. The first-order valence-corrected chi connectivity index (χ1v) is 8.84. The van der Waals surface area contributed by atoms with Crippen LogP contribution < -0.4 is 5.32 Å². The van der Waals surface area contributed by atoms with Crippen LogP contribution in [0.3, 0.4) is 0 Å². The largest absolute Gasteiger partial charge is 0.321 e. The molecule has 3 rings (SSSR count). The van der Waals surface area contributed by atoms with Gasteiger partial charge in [0.2, 0.25) is 0 Å². The van der Waals surface area contributed by atoms with Crippen LogP contribution in [0.5, 0.6) is 0 Å². The molecule has 0 aliphatic carbocycles. The van der Waals surface area contributed by atoms with Crippen molar-refractivity contribution in [2.75, 3.05) is 5.32 Å². The molecule has 1 aromatic carbocycles. The smallest absolute Gasteiger partial charge is 0.267 e. The molecule has 0 unspecified atom stereocenters. The minimum Gasteiger partial charge on any atom is -0.321 e. The van der Waals surface area contributed by atoms with Crippen LogP contribution in [-0.2, 0) is 5.41 Å². The van der Waals surface area contributed by atoms with Crippen molar-refractivity contribution in [3.63, 3.8) is 0 Å². The predicted molar refractivity (Wildman–Crippen MR) is 100 cm³/mol. The maximum Gasteiger partial charge on any atom is 0.267 e. The van der Waals surface area contributed by atoms with Crippen molar-refractivity contribution in [1.82, 2.24) is 20.2 Å². The number of benzene rings is 1. The Labute approximate surface area is 150 Å². The fourth-order valence-corrected chi connectivity index (χ4v) is 3.34.